The maximum Gasteiger partial charge on any atom is 0.455 e. The minimum atomic E-state index is -5.77. The molecule has 0 unspecified atom stereocenters. The molecule has 0 radical (unpaired) electrons. The number of benzene rings is 1. The van der Waals surface area contributed by atoms with Crippen LogP contribution in [-0.4, -0.2) is 23.7 Å². The van der Waals surface area contributed by atoms with Crippen LogP contribution in [0.5, 0.6) is 0 Å². The SMILES string of the molecule is C[C@H]([NH2+]C([C@@H]1C(=O)CC(C)(C)C=C1[NH2+]Cc1ccco1)(C(F)(F)F)C(F)(F)F)c1ccccc1. The molecular formula is C24H28F6N2O2+2. The summed E-state index contributed by atoms with van der Waals surface area (Å²) >= 11 is 0. The van der Waals surface area contributed by atoms with Crippen LogP contribution in [0.2, 0.25) is 0 Å². The number of furan rings is 1. The van der Waals surface area contributed by atoms with E-state index in [1.165, 1.54) is 36.7 Å². The van der Waals surface area contributed by atoms with Gasteiger partial charge in [-0.3, -0.25) is 4.79 Å². The fraction of sp³-hybridized carbons (Fsp3) is 0.458. The van der Waals surface area contributed by atoms with Gasteiger partial charge < -0.3 is 15.1 Å². The summed E-state index contributed by atoms with van der Waals surface area (Å²) in [4.78, 5) is 13.1. The van der Waals surface area contributed by atoms with Gasteiger partial charge in [0.15, 0.2) is 17.5 Å². The van der Waals surface area contributed by atoms with Gasteiger partial charge in [-0.1, -0.05) is 44.2 Å². The fourth-order valence-electron chi connectivity index (χ4n) is 4.68. The van der Waals surface area contributed by atoms with Gasteiger partial charge in [-0.25, -0.2) is 0 Å². The fourth-order valence-corrected chi connectivity index (χ4v) is 4.68. The summed E-state index contributed by atoms with van der Waals surface area (Å²) in [6.45, 7) is 4.45. The molecule has 10 heteroatoms. The topological polar surface area (TPSA) is 63.4 Å². The number of nitrogens with two attached hydrogens (primary N) is 2. The second-order valence-corrected chi connectivity index (χ2v) is 9.43. The van der Waals surface area contributed by atoms with Crippen LogP contribution in [0.1, 0.15) is 44.6 Å². The molecule has 1 heterocycles. The predicted octanol–water partition coefficient (Wildman–Crippen LogP) is 4.03. The van der Waals surface area contributed by atoms with E-state index in [4.69, 9.17) is 4.42 Å². The highest BCUT2D eigenvalue weighted by atomic mass is 19.4. The molecule has 1 aromatic heterocycles. The second kappa shape index (κ2) is 9.22. The van der Waals surface area contributed by atoms with Crippen LogP contribution in [0.4, 0.5) is 26.3 Å². The quantitative estimate of drug-likeness (QED) is 0.576. The number of ketones is 1. The first-order valence-corrected chi connectivity index (χ1v) is 10.8. The van der Waals surface area contributed by atoms with E-state index in [0.29, 0.717) is 5.76 Å². The highest BCUT2D eigenvalue weighted by molar-refractivity contribution is 5.87. The molecule has 2 atom stereocenters. The second-order valence-electron chi connectivity index (χ2n) is 9.43. The number of carbonyl (C=O) groups is 1. The Kier molecular flexibility index (Phi) is 7.06. The van der Waals surface area contributed by atoms with Crippen LogP contribution in [0.15, 0.2) is 64.9 Å². The summed E-state index contributed by atoms with van der Waals surface area (Å²) in [6, 6.07) is 9.53. The zero-order chi connectivity index (χ0) is 25.4. The number of Topliss-reactive ketones (excluding diaryl/α,β-unsaturated/α-hetero) is 1. The maximum absolute atomic E-state index is 14.6. The first kappa shape index (κ1) is 26.0. The van der Waals surface area contributed by atoms with E-state index in [9.17, 15) is 31.1 Å². The van der Waals surface area contributed by atoms with E-state index >= 15 is 0 Å². The Hall–Kier alpha value is -2.59. The van der Waals surface area contributed by atoms with Gasteiger partial charge in [0.2, 0.25) is 0 Å². The number of quaternary nitrogens is 2. The third-order valence-corrected chi connectivity index (χ3v) is 6.19. The molecule has 0 saturated heterocycles. The number of allylic oxidation sites excluding steroid dienone is 1. The molecule has 2 aromatic rings. The lowest BCUT2D eigenvalue weighted by Crippen LogP contribution is -3.07. The van der Waals surface area contributed by atoms with Crippen LogP contribution < -0.4 is 10.6 Å². The Morgan fingerprint density at radius 1 is 1.03 bits per heavy atom. The zero-order valence-electron chi connectivity index (χ0n) is 19.0. The first-order valence-electron chi connectivity index (χ1n) is 10.8. The minimum absolute atomic E-state index is 0.0429. The van der Waals surface area contributed by atoms with Crippen molar-refractivity contribution in [1.82, 2.24) is 0 Å². The van der Waals surface area contributed by atoms with Gasteiger partial charge >= 0.3 is 17.9 Å². The van der Waals surface area contributed by atoms with Crippen molar-refractivity contribution in [2.45, 2.75) is 57.7 Å². The molecule has 4 nitrogen and oxygen atoms in total. The lowest BCUT2D eigenvalue weighted by Gasteiger charge is -2.43. The molecular weight excluding hydrogens is 462 g/mol. The largest absolute Gasteiger partial charge is 0.463 e. The van der Waals surface area contributed by atoms with Gasteiger partial charge in [-0.15, -0.1) is 0 Å². The first-order chi connectivity index (χ1) is 15.7. The lowest BCUT2D eigenvalue weighted by molar-refractivity contribution is -0.815. The van der Waals surface area contributed by atoms with Crippen molar-refractivity contribution >= 4 is 5.78 Å². The third kappa shape index (κ3) is 5.07. The van der Waals surface area contributed by atoms with E-state index in [-0.39, 0.29) is 23.1 Å². The van der Waals surface area contributed by atoms with E-state index in [1.54, 1.807) is 44.2 Å². The minimum Gasteiger partial charge on any atom is -0.463 e. The Labute approximate surface area is 193 Å². The number of carbonyl (C=O) groups excluding carboxylic acids is 1. The molecule has 186 valence electrons. The standard InChI is InChI=1S/C24H26F6N2O2/c1-15(16-8-5-4-6-9-16)32-22(23(25,26)27,24(28,29)30)20-18(12-21(2,3)13-19(20)33)31-14-17-10-7-11-34-17/h4-12,15,20,31-32H,13-14H2,1-3H3/p+2/t15-,20-/m0/s1. The average molecular weight is 490 g/mol. The van der Waals surface area contributed by atoms with Crippen LogP contribution in [0, 0.1) is 11.3 Å². The van der Waals surface area contributed by atoms with Gasteiger partial charge in [0.25, 0.3) is 0 Å². The van der Waals surface area contributed by atoms with Crippen LogP contribution in [0.3, 0.4) is 0 Å². The molecule has 0 saturated carbocycles. The Balaban J connectivity index is 2.15. The van der Waals surface area contributed by atoms with Crippen molar-refractivity contribution < 1.29 is 46.2 Å². The molecule has 3 rings (SSSR count). The average Bonchev–Trinajstić information content (AvgIpc) is 3.22. The summed E-state index contributed by atoms with van der Waals surface area (Å²) in [5.41, 5.74) is -5.26. The molecule has 0 aliphatic heterocycles. The van der Waals surface area contributed by atoms with Crippen LogP contribution >= 0.6 is 0 Å². The van der Waals surface area contributed by atoms with E-state index in [0.717, 1.165) is 0 Å². The molecule has 1 aliphatic rings. The summed E-state index contributed by atoms with van der Waals surface area (Å²) in [5.74, 6) is -3.19. The third-order valence-electron chi connectivity index (χ3n) is 6.19. The number of rotatable bonds is 7. The van der Waals surface area contributed by atoms with E-state index in [1.807, 2.05) is 0 Å². The summed E-state index contributed by atoms with van der Waals surface area (Å²) in [5, 5.41) is 1.51. The maximum atomic E-state index is 14.6. The van der Waals surface area contributed by atoms with Crippen LogP contribution in [0.25, 0.3) is 0 Å². The molecule has 34 heavy (non-hydrogen) atoms. The summed E-state index contributed by atoms with van der Waals surface area (Å²) < 4.78 is 92.9. The predicted molar refractivity (Wildman–Crippen MR) is 111 cm³/mol. The zero-order valence-corrected chi connectivity index (χ0v) is 19.0. The van der Waals surface area contributed by atoms with Gasteiger partial charge in [-0.05, 0) is 30.5 Å². The molecule has 4 N–H and O–H groups in total. The highest BCUT2D eigenvalue weighted by Gasteiger charge is 2.81. The van der Waals surface area contributed by atoms with E-state index in [2.05, 4.69) is 0 Å². The molecule has 0 amide bonds. The molecule has 1 aromatic carbocycles. The molecule has 0 fully saturated rings. The highest BCUT2D eigenvalue weighted by Crippen LogP contribution is 2.50. The van der Waals surface area contributed by atoms with Gasteiger partial charge in [0.05, 0.1) is 6.26 Å². The molecule has 1 aliphatic carbocycles. The molecule has 0 spiro atoms. The number of halogens is 6. The van der Waals surface area contributed by atoms with Crippen molar-refractivity contribution in [3.63, 3.8) is 0 Å². The van der Waals surface area contributed by atoms with Crippen molar-refractivity contribution in [1.29, 1.82) is 0 Å². The van der Waals surface area contributed by atoms with Gasteiger partial charge in [0.1, 0.15) is 18.3 Å². The number of hydrogen-bond donors (Lipinski definition) is 2. The van der Waals surface area contributed by atoms with Crippen molar-refractivity contribution in [2.75, 3.05) is 0 Å². The normalized spacial score (nSPS) is 20.2. The Bertz CT molecular complexity index is 996. The Morgan fingerprint density at radius 3 is 2.18 bits per heavy atom. The van der Waals surface area contributed by atoms with Crippen molar-refractivity contribution in [3.8, 4) is 0 Å². The van der Waals surface area contributed by atoms with Gasteiger partial charge in [0, 0.05) is 12.0 Å². The smallest absolute Gasteiger partial charge is 0.455 e. The Morgan fingerprint density at radius 2 is 1.65 bits per heavy atom. The van der Waals surface area contributed by atoms with Gasteiger partial charge in [-0.2, -0.15) is 26.3 Å². The summed E-state index contributed by atoms with van der Waals surface area (Å²) in [6.07, 6.45) is -9.26. The van der Waals surface area contributed by atoms with E-state index < -0.39 is 47.5 Å². The number of alkyl halides is 6. The monoisotopic (exact) mass is 490 g/mol. The van der Waals surface area contributed by atoms with Crippen molar-refractivity contribution in [3.05, 3.63) is 71.8 Å². The lowest BCUT2D eigenvalue weighted by atomic mass is 9.67. The molecule has 0 bridgehead atoms. The van der Waals surface area contributed by atoms with Crippen LogP contribution in [-0.2, 0) is 11.3 Å². The number of hydrogen-bond acceptors (Lipinski definition) is 2. The summed E-state index contributed by atoms with van der Waals surface area (Å²) in [7, 11) is 0. The van der Waals surface area contributed by atoms with Crippen molar-refractivity contribution in [2.24, 2.45) is 11.3 Å².